The number of ether oxygens (including phenoxy) is 1. The van der Waals surface area contributed by atoms with Crippen molar-refractivity contribution in [2.75, 3.05) is 26.2 Å². The fourth-order valence-corrected chi connectivity index (χ4v) is 1.52. The molecule has 0 amide bonds. The minimum absolute atomic E-state index is 0.219. The number of hydrogen-bond acceptors (Lipinski definition) is 3. The summed E-state index contributed by atoms with van der Waals surface area (Å²) < 4.78 is 38.4. The smallest absolute Gasteiger partial charge is 0.392 e. The quantitative estimate of drug-likeness (QED) is 0.758. The number of aliphatic hydroxyl groups is 1. The highest BCUT2D eigenvalue weighted by molar-refractivity contribution is 4.71. The van der Waals surface area contributed by atoms with E-state index in [1.54, 1.807) is 4.90 Å². The summed E-state index contributed by atoms with van der Waals surface area (Å²) in [6.45, 7) is 1.03. The lowest BCUT2D eigenvalue weighted by Gasteiger charge is -2.29. The molecule has 1 heterocycles. The van der Waals surface area contributed by atoms with Gasteiger partial charge in [0.15, 0.2) is 0 Å². The summed E-state index contributed by atoms with van der Waals surface area (Å²) in [6, 6.07) is 0. The van der Waals surface area contributed by atoms with E-state index in [1.165, 1.54) is 0 Å². The normalized spacial score (nSPS) is 25.3. The van der Waals surface area contributed by atoms with E-state index in [9.17, 15) is 18.3 Å². The number of nitrogens with zero attached hydrogens (tertiary/aromatic N) is 1. The van der Waals surface area contributed by atoms with E-state index in [0.29, 0.717) is 6.54 Å². The van der Waals surface area contributed by atoms with Crippen molar-refractivity contribution in [3.8, 4) is 0 Å². The molecule has 0 saturated carbocycles. The van der Waals surface area contributed by atoms with Crippen LogP contribution in [0.2, 0.25) is 0 Å². The van der Waals surface area contributed by atoms with Crippen LogP contribution in [0.25, 0.3) is 0 Å². The third-order valence-electron chi connectivity index (χ3n) is 2.15. The number of likely N-dealkylation sites (tertiary alicyclic amines) is 1. The minimum atomic E-state index is -4.55. The Labute approximate surface area is 80.5 Å². The largest absolute Gasteiger partial charge is 0.522 e. The first-order valence-corrected chi connectivity index (χ1v) is 4.58. The van der Waals surface area contributed by atoms with Crippen LogP contribution < -0.4 is 0 Å². The molecule has 84 valence electrons. The maximum atomic E-state index is 11.6. The highest BCUT2D eigenvalue weighted by Gasteiger charge is 2.29. The van der Waals surface area contributed by atoms with Gasteiger partial charge in [-0.25, -0.2) is 0 Å². The van der Waals surface area contributed by atoms with Crippen LogP contribution >= 0.6 is 0 Å². The molecule has 0 aromatic carbocycles. The van der Waals surface area contributed by atoms with Gasteiger partial charge in [-0.3, -0.25) is 9.64 Å². The number of aliphatic hydroxyl groups excluding tert-OH is 1. The lowest BCUT2D eigenvalue weighted by molar-refractivity contribution is -0.325. The summed E-state index contributed by atoms with van der Waals surface area (Å²) in [5, 5.41) is 9.23. The molecule has 0 spiro atoms. The van der Waals surface area contributed by atoms with Crippen LogP contribution in [0.1, 0.15) is 12.8 Å². The second kappa shape index (κ2) is 4.95. The number of piperidine rings is 1. The average Bonchev–Trinajstić information content (AvgIpc) is 2.01. The third-order valence-corrected chi connectivity index (χ3v) is 2.15. The zero-order chi connectivity index (χ0) is 10.6. The molecule has 0 aromatic rings. The van der Waals surface area contributed by atoms with Crippen LogP contribution in [-0.4, -0.2) is 48.7 Å². The molecule has 1 atom stereocenters. The molecule has 0 unspecified atom stereocenters. The summed E-state index contributed by atoms with van der Waals surface area (Å²) in [7, 11) is 0. The van der Waals surface area contributed by atoms with Gasteiger partial charge < -0.3 is 5.11 Å². The molecule has 1 aliphatic heterocycles. The Morgan fingerprint density at radius 3 is 2.71 bits per heavy atom. The average molecular weight is 213 g/mol. The van der Waals surface area contributed by atoms with Gasteiger partial charge >= 0.3 is 6.36 Å². The molecule has 1 saturated heterocycles. The monoisotopic (exact) mass is 213 g/mol. The summed E-state index contributed by atoms with van der Waals surface area (Å²) in [6.07, 6.45) is -3.40. The van der Waals surface area contributed by atoms with E-state index in [2.05, 4.69) is 4.74 Å². The molecule has 0 radical (unpaired) electrons. The zero-order valence-electron chi connectivity index (χ0n) is 7.76. The van der Waals surface area contributed by atoms with Crippen molar-refractivity contribution in [3.05, 3.63) is 0 Å². The summed E-state index contributed by atoms with van der Waals surface area (Å²) in [5.41, 5.74) is 0. The Morgan fingerprint density at radius 1 is 1.43 bits per heavy atom. The van der Waals surface area contributed by atoms with Crippen LogP contribution in [0.4, 0.5) is 13.2 Å². The number of hydrogen-bond donors (Lipinski definition) is 1. The first kappa shape index (κ1) is 11.7. The van der Waals surface area contributed by atoms with Crippen molar-refractivity contribution in [1.29, 1.82) is 0 Å². The maximum Gasteiger partial charge on any atom is 0.522 e. The molecule has 1 N–H and O–H groups in total. The van der Waals surface area contributed by atoms with Gasteiger partial charge in [0.2, 0.25) is 0 Å². The predicted octanol–water partition coefficient (Wildman–Crippen LogP) is 0.980. The lowest BCUT2D eigenvalue weighted by atomic mass is 10.1. The standard InChI is InChI=1S/C8H14F3NO2/c9-8(10,11)14-5-4-12-3-1-2-7(13)6-12/h7,13H,1-6H2/t7-/m0/s1. The molecule has 1 rings (SSSR count). The van der Waals surface area contributed by atoms with Crippen LogP contribution in [0.5, 0.6) is 0 Å². The van der Waals surface area contributed by atoms with Crippen LogP contribution in [-0.2, 0) is 4.74 Å². The Kier molecular flexibility index (Phi) is 4.15. The molecular formula is C8H14F3NO2. The van der Waals surface area contributed by atoms with Gasteiger partial charge in [-0.2, -0.15) is 0 Å². The second-order valence-electron chi connectivity index (χ2n) is 3.39. The third kappa shape index (κ3) is 4.78. The SMILES string of the molecule is O[C@H]1CCCN(CCOC(F)(F)F)C1. The Morgan fingerprint density at radius 2 is 2.14 bits per heavy atom. The summed E-state index contributed by atoms with van der Waals surface area (Å²) in [4.78, 5) is 1.78. The molecule has 3 nitrogen and oxygen atoms in total. The topological polar surface area (TPSA) is 32.7 Å². The molecule has 14 heavy (non-hydrogen) atoms. The maximum absolute atomic E-state index is 11.6. The van der Waals surface area contributed by atoms with Gasteiger partial charge in [0.05, 0.1) is 12.7 Å². The molecule has 0 bridgehead atoms. The lowest BCUT2D eigenvalue weighted by Crippen LogP contribution is -2.40. The van der Waals surface area contributed by atoms with Crippen molar-refractivity contribution in [2.24, 2.45) is 0 Å². The van der Waals surface area contributed by atoms with Gasteiger partial charge in [-0.05, 0) is 19.4 Å². The summed E-state index contributed by atoms with van der Waals surface area (Å²) in [5.74, 6) is 0. The highest BCUT2D eigenvalue weighted by atomic mass is 19.4. The first-order chi connectivity index (χ1) is 6.47. The van der Waals surface area contributed by atoms with E-state index in [1.807, 2.05) is 0 Å². The van der Waals surface area contributed by atoms with E-state index in [4.69, 9.17) is 0 Å². The summed E-state index contributed by atoms with van der Waals surface area (Å²) >= 11 is 0. The molecular weight excluding hydrogens is 199 g/mol. The second-order valence-corrected chi connectivity index (χ2v) is 3.39. The van der Waals surface area contributed by atoms with Crippen molar-refractivity contribution >= 4 is 0 Å². The molecule has 0 aliphatic carbocycles. The van der Waals surface area contributed by atoms with Gasteiger partial charge in [-0.1, -0.05) is 0 Å². The Hall–Kier alpha value is -0.330. The van der Waals surface area contributed by atoms with Gasteiger partial charge in [-0.15, -0.1) is 13.2 Å². The number of halogens is 3. The van der Waals surface area contributed by atoms with E-state index in [-0.39, 0.29) is 13.2 Å². The van der Waals surface area contributed by atoms with Crippen molar-refractivity contribution in [2.45, 2.75) is 25.3 Å². The zero-order valence-corrected chi connectivity index (χ0v) is 7.76. The number of alkyl halides is 3. The first-order valence-electron chi connectivity index (χ1n) is 4.58. The van der Waals surface area contributed by atoms with Crippen LogP contribution in [0.15, 0.2) is 0 Å². The van der Waals surface area contributed by atoms with E-state index in [0.717, 1.165) is 19.4 Å². The minimum Gasteiger partial charge on any atom is -0.392 e. The predicted molar refractivity (Wildman–Crippen MR) is 43.7 cm³/mol. The van der Waals surface area contributed by atoms with Crippen molar-refractivity contribution < 1.29 is 23.0 Å². The Bertz CT molecular complexity index is 174. The van der Waals surface area contributed by atoms with Gasteiger partial charge in [0.25, 0.3) is 0 Å². The molecule has 0 aromatic heterocycles. The fourth-order valence-electron chi connectivity index (χ4n) is 1.52. The highest BCUT2D eigenvalue weighted by Crippen LogP contribution is 2.16. The Balaban J connectivity index is 2.12. The van der Waals surface area contributed by atoms with Gasteiger partial charge in [0, 0.05) is 13.1 Å². The van der Waals surface area contributed by atoms with Crippen molar-refractivity contribution in [1.82, 2.24) is 4.90 Å². The number of β-amino-alcohol motifs (C(OH)–C–C–N with tert-alkyl or cyclic N) is 1. The van der Waals surface area contributed by atoms with Crippen LogP contribution in [0.3, 0.4) is 0 Å². The molecule has 1 fully saturated rings. The van der Waals surface area contributed by atoms with Crippen molar-refractivity contribution in [3.63, 3.8) is 0 Å². The van der Waals surface area contributed by atoms with E-state index < -0.39 is 12.5 Å². The van der Waals surface area contributed by atoms with Crippen LogP contribution in [0, 0.1) is 0 Å². The van der Waals surface area contributed by atoms with E-state index >= 15 is 0 Å². The fraction of sp³-hybridized carbons (Fsp3) is 1.00. The molecule has 6 heteroatoms. The number of rotatable bonds is 3. The van der Waals surface area contributed by atoms with Gasteiger partial charge in [0.1, 0.15) is 0 Å². The molecule has 1 aliphatic rings.